The van der Waals surface area contributed by atoms with Gasteiger partial charge < -0.3 is 9.84 Å². The Balaban J connectivity index is 0.000000829. The van der Waals surface area contributed by atoms with Gasteiger partial charge in [0, 0.05) is 0 Å². The van der Waals surface area contributed by atoms with E-state index in [9.17, 15) is 5.11 Å². The van der Waals surface area contributed by atoms with Gasteiger partial charge in [0.15, 0.2) is 0 Å². The first kappa shape index (κ1) is 18.0. The monoisotopic (exact) mass is 274 g/mol. The SMILES string of the molecule is CC.CC.COc1cccc(O)c1-c1ccccc1C. The maximum Gasteiger partial charge on any atom is 0.130 e. The Morgan fingerprint density at radius 3 is 2.00 bits per heavy atom. The molecule has 110 valence electrons. The van der Waals surface area contributed by atoms with E-state index in [4.69, 9.17) is 4.74 Å². The molecular weight excluding hydrogens is 248 g/mol. The summed E-state index contributed by atoms with van der Waals surface area (Å²) in [6, 6.07) is 13.2. The molecule has 0 atom stereocenters. The molecule has 1 N–H and O–H groups in total. The van der Waals surface area contributed by atoms with E-state index in [0.29, 0.717) is 5.75 Å². The van der Waals surface area contributed by atoms with Gasteiger partial charge in [-0.3, -0.25) is 0 Å². The average Bonchev–Trinajstić information content (AvgIpc) is 2.52. The summed E-state index contributed by atoms with van der Waals surface area (Å²) in [4.78, 5) is 0. The summed E-state index contributed by atoms with van der Waals surface area (Å²) >= 11 is 0. The number of aryl methyl sites for hydroxylation is 1. The normalized spacial score (nSPS) is 8.70. The smallest absolute Gasteiger partial charge is 0.130 e. The molecule has 0 aliphatic carbocycles. The predicted octanol–water partition coefficient (Wildman–Crippen LogP) is 5.43. The molecule has 0 radical (unpaired) electrons. The predicted molar refractivity (Wildman–Crippen MR) is 87.5 cm³/mol. The van der Waals surface area contributed by atoms with Crippen LogP contribution in [0, 0.1) is 6.92 Å². The molecule has 2 nitrogen and oxygen atoms in total. The minimum absolute atomic E-state index is 0.244. The highest BCUT2D eigenvalue weighted by Gasteiger charge is 2.12. The summed E-state index contributed by atoms with van der Waals surface area (Å²) in [7, 11) is 1.61. The lowest BCUT2D eigenvalue weighted by Gasteiger charge is -2.12. The molecule has 0 aromatic heterocycles. The van der Waals surface area contributed by atoms with E-state index in [1.807, 2.05) is 65.0 Å². The zero-order valence-electron chi connectivity index (χ0n) is 13.4. The molecule has 2 heteroatoms. The van der Waals surface area contributed by atoms with Crippen molar-refractivity contribution in [3.05, 3.63) is 48.0 Å². The van der Waals surface area contributed by atoms with Crippen LogP contribution >= 0.6 is 0 Å². The highest BCUT2D eigenvalue weighted by molar-refractivity contribution is 5.78. The molecule has 0 heterocycles. The van der Waals surface area contributed by atoms with Crippen LogP contribution in [0.1, 0.15) is 33.3 Å². The lowest BCUT2D eigenvalue weighted by atomic mass is 9.99. The van der Waals surface area contributed by atoms with Gasteiger partial charge in [0.25, 0.3) is 0 Å². The fraction of sp³-hybridized carbons (Fsp3) is 0.333. The van der Waals surface area contributed by atoms with E-state index < -0.39 is 0 Å². The highest BCUT2D eigenvalue weighted by atomic mass is 16.5. The molecule has 0 saturated heterocycles. The maximum atomic E-state index is 9.92. The lowest BCUT2D eigenvalue weighted by molar-refractivity contribution is 0.410. The largest absolute Gasteiger partial charge is 0.507 e. The minimum Gasteiger partial charge on any atom is -0.507 e. The summed E-state index contributed by atoms with van der Waals surface area (Å²) in [5, 5.41) is 9.92. The van der Waals surface area contributed by atoms with Gasteiger partial charge in [-0.1, -0.05) is 58.0 Å². The summed E-state index contributed by atoms with van der Waals surface area (Å²) in [6.45, 7) is 10.0. The fourth-order valence-electron chi connectivity index (χ4n) is 1.81. The van der Waals surface area contributed by atoms with E-state index >= 15 is 0 Å². The van der Waals surface area contributed by atoms with Crippen LogP contribution < -0.4 is 4.74 Å². The van der Waals surface area contributed by atoms with E-state index in [1.54, 1.807) is 19.2 Å². The quantitative estimate of drug-likeness (QED) is 0.791. The van der Waals surface area contributed by atoms with Crippen LogP contribution in [0.2, 0.25) is 0 Å². The van der Waals surface area contributed by atoms with Gasteiger partial charge in [-0.15, -0.1) is 0 Å². The second-order valence-corrected chi connectivity index (χ2v) is 3.67. The Hall–Kier alpha value is -1.96. The van der Waals surface area contributed by atoms with Gasteiger partial charge in [0.1, 0.15) is 11.5 Å². The molecule has 2 aromatic carbocycles. The van der Waals surface area contributed by atoms with Crippen molar-refractivity contribution < 1.29 is 9.84 Å². The summed E-state index contributed by atoms with van der Waals surface area (Å²) < 4.78 is 5.28. The van der Waals surface area contributed by atoms with Crippen molar-refractivity contribution in [2.45, 2.75) is 34.6 Å². The van der Waals surface area contributed by atoms with Crippen LogP contribution in [-0.2, 0) is 0 Å². The second-order valence-electron chi connectivity index (χ2n) is 3.67. The first-order valence-corrected chi connectivity index (χ1v) is 7.16. The van der Waals surface area contributed by atoms with Crippen LogP contribution in [0.3, 0.4) is 0 Å². The zero-order valence-corrected chi connectivity index (χ0v) is 13.4. The van der Waals surface area contributed by atoms with Gasteiger partial charge in [-0.05, 0) is 30.2 Å². The van der Waals surface area contributed by atoms with Crippen LogP contribution in [-0.4, -0.2) is 12.2 Å². The van der Waals surface area contributed by atoms with Gasteiger partial charge in [-0.2, -0.15) is 0 Å². The summed E-state index contributed by atoms with van der Waals surface area (Å²) in [5.41, 5.74) is 2.86. The maximum absolute atomic E-state index is 9.92. The van der Waals surface area contributed by atoms with Gasteiger partial charge in [0.05, 0.1) is 12.7 Å². The topological polar surface area (TPSA) is 29.5 Å². The number of phenolic OH excluding ortho intramolecular Hbond substituents is 1. The third kappa shape index (κ3) is 4.30. The van der Waals surface area contributed by atoms with Crippen molar-refractivity contribution in [1.82, 2.24) is 0 Å². The summed E-state index contributed by atoms with van der Waals surface area (Å²) in [5.74, 6) is 0.933. The Labute approximate surface area is 123 Å². The molecule has 0 spiro atoms. The molecule has 0 saturated carbocycles. The average molecular weight is 274 g/mol. The van der Waals surface area contributed by atoms with E-state index in [2.05, 4.69) is 0 Å². The number of rotatable bonds is 2. The van der Waals surface area contributed by atoms with Crippen molar-refractivity contribution >= 4 is 0 Å². The molecule has 0 unspecified atom stereocenters. The molecule has 0 fully saturated rings. The van der Waals surface area contributed by atoms with Crippen LogP contribution in [0.25, 0.3) is 11.1 Å². The Bertz CT molecular complexity index is 505. The fourth-order valence-corrected chi connectivity index (χ4v) is 1.81. The minimum atomic E-state index is 0.244. The molecule has 0 bridgehead atoms. The number of ether oxygens (including phenoxy) is 1. The van der Waals surface area contributed by atoms with Gasteiger partial charge in [-0.25, -0.2) is 0 Å². The first-order chi connectivity index (χ1) is 9.74. The second kappa shape index (κ2) is 9.90. The van der Waals surface area contributed by atoms with Crippen molar-refractivity contribution in [3.63, 3.8) is 0 Å². The number of phenols is 1. The zero-order chi connectivity index (χ0) is 15.5. The van der Waals surface area contributed by atoms with Crippen LogP contribution in [0.15, 0.2) is 42.5 Å². The standard InChI is InChI=1S/C14H14O2.2C2H6/c1-10-6-3-4-7-11(10)14-12(15)8-5-9-13(14)16-2;2*1-2/h3-9,15H,1-2H3;2*1-2H3. The molecular formula is C18H26O2. The summed E-state index contributed by atoms with van der Waals surface area (Å²) in [6.07, 6.45) is 0. The molecule has 0 aliphatic rings. The first-order valence-electron chi connectivity index (χ1n) is 7.16. The molecule has 2 aromatic rings. The Morgan fingerprint density at radius 2 is 1.45 bits per heavy atom. The number of benzene rings is 2. The Morgan fingerprint density at radius 1 is 0.850 bits per heavy atom. The third-order valence-electron chi connectivity index (χ3n) is 2.64. The van der Waals surface area contributed by atoms with E-state index in [0.717, 1.165) is 16.7 Å². The van der Waals surface area contributed by atoms with Gasteiger partial charge in [0.2, 0.25) is 0 Å². The van der Waals surface area contributed by atoms with Crippen molar-refractivity contribution in [2.24, 2.45) is 0 Å². The highest BCUT2D eigenvalue weighted by Crippen LogP contribution is 2.38. The molecule has 0 aliphatic heterocycles. The van der Waals surface area contributed by atoms with Gasteiger partial charge >= 0.3 is 0 Å². The van der Waals surface area contributed by atoms with E-state index in [-0.39, 0.29) is 5.75 Å². The number of hydrogen-bond acceptors (Lipinski definition) is 2. The number of hydrogen-bond donors (Lipinski definition) is 1. The van der Waals surface area contributed by atoms with Crippen molar-refractivity contribution in [3.8, 4) is 22.6 Å². The van der Waals surface area contributed by atoms with E-state index in [1.165, 1.54) is 0 Å². The van der Waals surface area contributed by atoms with Crippen molar-refractivity contribution in [2.75, 3.05) is 7.11 Å². The third-order valence-corrected chi connectivity index (χ3v) is 2.64. The lowest BCUT2D eigenvalue weighted by Crippen LogP contribution is -1.90. The Kier molecular flexibility index (Phi) is 8.93. The molecule has 2 rings (SSSR count). The molecule has 0 amide bonds. The van der Waals surface area contributed by atoms with Crippen LogP contribution in [0.5, 0.6) is 11.5 Å². The van der Waals surface area contributed by atoms with Crippen LogP contribution in [0.4, 0.5) is 0 Å². The number of aromatic hydroxyl groups is 1. The number of methoxy groups -OCH3 is 1. The molecule has 20 heavy (non-hydrogen) atoms. The van der Waals surface area contributed by atoms with Crippen molar-refractivity contribution in [1.29, 1.82) is 0 Å².